The summed E-state index contributed by atoms with van der Waals surface area (Å²) >= 11 is 0. The van der Waals surface area contributed by atoms with Gasteiger partial charge in [0.05, 0.1) is 11.8 Å². The molecule has 1 amide bonds. The van der Waals surface area contributed by atoms with Crippen molar-refractivity contribution in [2.75, 3.05) is 5.32 Å². The van der Waals surface area contributed by atoms with Gasteiger partial charge in [0.15, 0.2) is 0 Å². The average molecular weight is 429 g/mol. The molecular formula is C26H28N4O2. The molecule has 0 spiro atoms. The fourth-order valence-corrected chi connectivity index (χ4v) is 3.30. The van der Waals surface area contributed by atoms with Crippen molar-refractivity contribution in [2.24, 2.45) is 0 Å². The van der Waals surface area contributed by atoms with Crippen molar-refractivity contribution in [1.29, 1.82) is 0 Å². The molecule has 3 aromatic carbocycles. The van der Waals surface area contributed by atoms with Gasteiger partial charge in [-0.1, -0.05) is 32.9 Å². The van der Waals surface area contributed by atoms with Crippen molar-refractivity contribution in [3.63, 3.8) is 0 Å². The van der Waals surface area contributed by atoms with Crippen LogP contribution in [0.3, 0.4) is 0 Å². The Bertz CT molecular complexity index is 1210. The number of anilines is 1. The highest BCUT2D eigenvalue weighted by molar-refractivity contribution is 6.05. The first-order valence-corrected chi connectivity index (χ1v) is 11.0. The summed E-state index contributed by atoms with van der Waals surface area (Å²) in [5.41, 5.74) is 4.89. The van der Waals surface area contributed by atoms with Crippen molar-refractivity contribution in [3.8, 4) is 11.4 Å². The summed E-state index contributed by atoms with van der Waals surface area (Å²) in [5.74, 6) is 1.05. The second-order valence-corrected chi connectivity index (χ2v) is 8.25. The highest BCUT2D eigenvalue weighted by atomic mass is 16.5. The Kier molecular flexibility index (Phi) is 6.21. The van der Waals surface area contributed by atoms with Crippen molar-refractivity contribution in [1.82, 2.24) is 15.0 Å². The number of carbonyl (C=O) groups excluding carboxylic acids is 1. The number of rotatable bonds is 7. The molecule has 0 saturated heterocycles. The maximum atomic E-state index is 12.7. The summed E-state index contributed by atoms with van der Waals surface area (Å²) in [6.07, 6.45) is 1.07. The highest BCUT2D eigenvalue weighted by Gasteiger charge is 2.10. The van der Waals surface area contributed by atoms with E-state index in [1.165, 1.54) is 5.56 Å². The lowest BCUT2D eigenvalue weighted by molar-refractivity contribution is 0.102. The molecule has 1 aromatic heterocycles. The minimum atomic E-state index is -0.184. The van der Waals surface area contributed by atoms with Gasteiger partial charge >= 0.3 is 0 Å². The molecule has 164 valence electrons. The number of aromatic nitrogens is 3. The van der Waals surface area contributed by atoms with E-state index in [1.54, 1.807) is 16.9 Å². The Balaban J connectivity index is 1.48. The number of amides is 1. The second kappa shape index (κ2) is 9.22. The van der Waals surface area contributed by atoms with Crippen molar-refractivity contribution in [2.45, 2.75) is 46.1 Å². The predicted octanol–water partition coefficient (Wildman–Crippen LogP) is 5.97. The number of carbonyl (C=O) groups is 1. The van der Waals surface area contributed by atoms with Gasteiger partial charge in [0, 0.05) is 11.3 Å². The fourth-order valence-electron chi connectivity index (χ4n) is 3.30. The first kappa shape index (κ1) is 21.6. The minimum absolute atomic E-state index is 0.142. The molecule has 0 fully saturated rings. The van der Waals surface area contributed by atoms with Crippen LogP contribution in [0.2, 0.25) is 0 Å². The van der Waals surface area contributed by atoms with Gasteiger partial charge in [0.2, 0.25) is 0 Å². The van der Waals surface area contributed by atoms with Gasteiger partial charge in [-0.25, -0.2) is 0 Å². The molecule has 32 heavy (non-hydrogen) atoms. The van der Waals surface area contributed by atoms with Gasteiger partial charge in [0.1, 0.15) is 16.8 Å². The molecule has 0 saturated carbocycles. The Morgan fingerprint density at radius 2 is 1.62 bits per heavy atom. The van der Waals surface area contributed by atoms with E-state index in [2.05, 4.69) is 48.4 Å². The first-order chi connectivity index (χ1) is 15.4. The molecule has 1 atom stereocenters. The van der Waals surface area contributed by atoms with E-state index in [4.69, 9.17) is 4.74 Å². The van der Waals surface area contributed by atoms with Gasteiger partial charge in [0.25, 0.3) is 5.91 Å². The third kappa shape index (κ3) is 4.80. The Morgan fingerprint density at radius 3 is 2.28 bits per heavy atom. The van der Waals surface area contributed by atoms with Crippen LogP contribution in [0.4, 0.5) is 5.69 Å². The van der Waals surface area contributed by atoms with Crippen molar-refractivity contribution < 1.29 is 9.53 Å². The third-order valence-corrected chi connectivity index (χ3v) is 5.46. The van der Waals surface area contributed by atoms with Crippen LogP contribution in [0, 0.1) is 0 Å². The highest BCUT2D eigenvalue weighted by Crippen LogP contribution is 2.21. The number of benzene rings is 3. The largest absolute Gasteiger partial charge is 0.491 e. The molecule has 0 aliphatic carbocycles. The van der Waals surface area contributed by atoms with E-state index in [1.807, 2.05) is 49.4 Å². The molecule has 0 aliphatic heterocycles. The summed E-state index contributed by atoms with van der Waals surface area (Å²) in [4.78, 5) is 14.3. The Morgan fingerprint density at radius 1 is 0.938 bits per heavy atom. The summed E-state index contributed by atoms with van der Waals surface area (Å²) < 4.78 is 5.77. The lowest BCUT2D eigenvalue weighted by atomic mass is 10.0. The molecule has 1 heterocycles. The normalized spacial score (nSPS) is 12.2. The molecular weight excluding hydrogens is 400 g/mol. The van der Waals surface area contributed by atoms with Crippen LogP contribution in [0.15, 0.2) is 66.7 Å². The molecule has 4 aromatic rings. The van der Waals surface area contributed by atoms with E-state index < -0.39 is 0 Å². The molecule has 0 unspecified atom stereocenters. The molecule has 6 heteroatoms. The van der Waals surface area contributed by atoms with E-state index >= 15 is 0 Å². The zero-order valence-corrected chi connectivity index (χ0v) is 18.9. The lowest BCUT2D eigenvalue weighted by Gasteiger charge is -2.12. The van der Waals surface area contributed by atoms with Crippen LogP contribution < -0.4 is 10.1 Å². The molecule has 0 aliphatic rings. The smallest absolute Gasteiger partial charge is 0.255 e. The zero-order valence-electron chi connectivity index (χ0n) is 18.9. The third-order valence-electron chi connectivity index (χ3n) is 5.46. The molecule has 0 radical (unpaired) electrons. The van der Waals surface area contributed by atoms with E-state index in [-0.39, 0.29) is 12.0 Å². The van der Waals surface area contributed by atoms with Crippen LogP contribution in [0.25, 0.3) is 16.7 Å². The summed E-state index contributed by atoms with van der Waals surface area (Å²) in [7, 11) is 0. The van der Waals surface area contributed by atoms with Crippen LogP contribution in [0.5, 0.6) is 5.75 Å². The zero-order chi connectivity index (χ0) is 22.7. The molecule has 0 bridgehead atoms. The number of hydrogen-bond acceptors (Lipinski definition) is 4. The fraction of sp³-hybridized carbons (Fsp3) is 0.269. The predicted molar refractivity (Wildman–Crippen MR) is 128 cm³/mol. The van der Waals surface area contributed by atoms with Gasteiger partial charge in [-0.2, -0.15) is 4.80 Å². The molecule has 6 nitrogen and oxygen atoms in total. The number of nitrogens with one attached hydrogen (secondary N) is 1. The standard InChI is InChI=1S/C26H28N4O2/c1-5-18(4)32-23-13-8-20(9-14-23)26(31)27-21-10-15-24-25(16-21)29-30(28-24)22-11-6-19(7-12-22)17(2)3/h6-18H,5H2,1-4H3,(H,27,31)/t18-/m0/s1. The Hall–Kier alpha value is -3.67. The summed E-state index contributed by atoms with van der Waals surface area (Å²) in [6.45, 7) is 8.43. The van der Waals surface area contributed by atoms with E-state index in [0.29, 0.717) is 22.7 Å². The van der Waals surface area contributed by atoms with Crippen LogP contribution in [-0.2, 0) is 0 Å². The van der Waals surface area contributed by atoms with Gasteiger partial charge in [-0.15, -0.1) is 10.2 Å². The molecule has 4 rings (SSSR count). The topological polar surface area (TPSA) is 69.0 Å². The number of hydrogen-bond donors (Lipinski definition) is 1. The second-order valence-electron chi connectivity index (χ2n) is 8.25. The van der Waals surface area contributed by atoms with Crippen molar-refractivity contribution in [3.05, 3.63) is 77.9 Å². The van der Waals surface area contributed by atoms with Crippen LogP contribution in [-0.4, -0.2) is 27.0 Å². The minimum Gasteiger partial charge on any atom is -0.491 e. The number of ether oxygens (including phenoxy) is 1. The quantitative estimate of drug-likeness (QED) is 0.393. The number of fused-ring (bicyclic) bond motifs is 1. The maximum absolute atomic E-state index is 12.7. The summed E-state index contributed by atoms with van der Waals surface area (Å²) in [5, 5.41) is 12.1. The van der Waals surface area contributed by atoms with E-state index in [9.17, 15) is 4.79 Å². The summed E-state index contributed by atoms with van der Waals surface area (Å²) in [6, 6.07) is 20.9. The maximum Gasteiger partial charge on any atom is 0.255 e. The van der Waals surface area contributed by atoms with Crippen molar-refractivity contribution >= 4 is 22.6 Å². The van der Waals surface area contributed by atoms with Crippen LogP contribution >= 0.6 is 0 Å². The average Bonchev–Trinajstić information content (AvgIpc) is 3.23. The van der Waals surface area contributed by atoms with Gasteiger partial charge < -0.3 is 10.1 Å². The first-order valence-electron chi connectivity index (χ1n) is 11.0. The monoisotopic (exact) mass is 428 g/mol. The Labute approximate surface area is 188 Å². The number of nitrogens with zero attached hydrogens (tertiary/aromatic N) is 3. The molecule has 1 N–H and O–H groups in total. The van der Waals surface area contributed by atoms with Crippen LogP contribution in [0.1, 0.15) is 56.0 Å². The SMILES string of the molecule is CC[C@H](C)Oc1ccc(C(=O)Nc2ccc3nn(-c4ccc(C(C)C)cc4)nc3c2)cc1. The lowest BCUT2D eigenvalue weighted by Crippen LogP contribution is -2.12. The van der Waals surface area contributed by atoms with Gasteiger partial charge in [-0.05, 0) is 79.4 Å². The van der Waals surface area contributed by atoms with E-state index in [0.717, 1.165) is 23.4 Å². The van der Waals surface area contributed by atoms with Gasteiger partial charge in [-0.3, -0.25) is 4.79 Å².